The van der Waals surface area contributed by atoms with Crippen molar-refractivity contribution >= 4 is 11.8 Å². The maximum atomic E-state index is 5.67. The first-order chi connectivity index (χ1) is 9.79. The van der Waals surface area contributed by atoms with E-state index < -0.39 is 0 Å². The van der Waals surface area contributed by atoms with E-state index in [2.05, 4.69) is 16.8 Å². The van der Waals surface area contributed by atoms with Gasteiger partial charge in [-0.3, -0.25) is 0 Å². The van der Waals surface area contributed by atoms with Crippen molar-refractivity contribution in [1.82, 2.24) is 9.55 Å². The summed E-state index contributed by atoms with van der Waals surface area (Å²) in [7, 11) is 1.98. The maximum absolute atomic E-state index is 5.67. The van der Waals surface area contributed by atoms with Crippen molar-refractivity contribution in [2.45, 2.75) is 5.16 Å². The third kappa shape index (κ3) is 4.34. The van der Waals surface area contributed by atoms with E-state index >= 15 is 0 Å². The smallest absolute Gasteiger partial charge is 0.167 e. The quantitative estimate of drug-likeness (QED) is 0.518. The SMILES string of the molecule is Cn1ccnc1SCCOc1ccc(C#CCN)cc1. The molecular weight excluding hydrogens is 270 g/mol. The number of imidazole rings is 1. The summed E-state index contributed by atoms with van der Waals surface area (Å²) in [5.41, 5.74) is 6.28. The van der Waals surface area contributed by atoms with E-state index in [4.69, 9.17) is 10.5 Å². The molecule has 0 aliphatic carbocycles. The molecule has 20 heavy (non-hydrogen) atoms. The molecule has 0 saturated carbocycles. The summed E-state index contributed by atoms with van der Waals surface area (Å²) in [6.07, 6.45) is 3.73. The summed E-state index contributed by atoms with van der Waals surface area (Å²) < 4.78 is 7.67. The Morgan fingerprint density at radius 3 is 2.80 bits per heavy atom. The fourth-order valence-electron chi connectivity index (χ4n) is 1.57. The predicted octanol–water partition coefficient (Wildman–Crippen LogP) is 1.90. The Kier molecular flexibility index (Phi) is 5.54. The van der Waals surface area contributed by atoms with Gasteiger partial charge >= 0.3 is 0 Å². The minimum atomic E-state index is 0.378. The molecule has 2 N–H and O–H groups in total. The molecule has 0 aliphatic heterocycles. The molecule has 1 heterocycles. The summed E-state index contributed by atoms with van der Waals surface area (Å²) in [5.74, 6) is 7.51. The predicted molar refractivity (Wildman–Crippen MR) is 81.8 cm³/mol. The fraction of sp³-hybridized carbons (Fsp3) is 0.267. The zero-order chi connectivity index (χ0) is 14.2. The summed E-state index contributed by atoms with van der Waals surface area (Å²) in [4.78, 5) is 4.25. The second-order valence-electron chi connectivity index (χ2n) is 4.05. The van der Waals surface area contributed by atoms with Crippen LogP contribution in [0.1, 0.15) is 5.56 Å². The lowest BCUT2D eigenvalue weighted by Gasteiger charge is -2.06. The summed E-state index contributed by atoms with van der Waals surface area (Å²) in [5, 5.41) is 1.00. The highest BCUT2D eigenvalue weighted by molar-refractivity contribution is 7.99. The first-order valence-electron chi connectivity index (χ1n) is 6.31. The van der Waals surface area contributed by atoms with E-state index in [1.54, 1.807) is 18.0 Å². The summed E-state index contributed by atoms with van der Waals surface area (Å²) >= 11 is 1.68. The highest BCUT2D eigenvalue weighted by Crippen LogP contribution is 2.16. The van der Waals surface area contributed by atoms with Gasteiger partial charge in [0.2, 0.25) is 0 Å². The van der Waals surface area contributed by atoms with Crippen LogP contribution < -0.4 is 10.5 Å². The maximum Gasteiger partial charge on any atom is 0.167 e. The molecule has 0 fully saturated rings. The van der Waals surface area contributed by atoms with E-state index in [0.29, 0.717) is 13.2 Å². The van der Waals surface area contributed by atoms with E-state index in [1.165, 1.54) is 0 Å². The topological polar surface area (TPSA) is 53.1 Å². The van der Waals surface area contributed by atoms with Crippen LogP contribution in [0.15, 0.2) is 41.8 Å². The molecule has 0 radical (unpaired) electrons. The Balaban J connectivity index is 1.75. The van der Waals surface area contributed by atoms with Crippen LogP contribution in [-0.2, 0) is 7.05 Å². The third-order valence-corrected chi connectivity index (χ3v) is 3.57. The van der Waals surface area contributed by atoms with E-state index in [1.807, 2.05) is 42.1 Å². The van der Waals surface area contributed by atoms with Gasteiger partial charge < -0.3 is 15.0 Å². The molecule has 2 rings (SSSR count). The minimum Gasteiger partial charge on any atom is -0.493 e. The van der Waals surface area contributed by atoms with Crippen molar-refractivity contribution in [3.8, 4) is 17.6 Å². The number of nitrogens with two attached hydrogens (primary N) is 1. The van der Waals surface area contributed by atoms with Crippen LogP contribution in [0.4, 0.5) is 0 Å². The van der Waals surface area contributed by atoms with Crippen LogP contribution in [-0.4, -0.2) is 28.5 Å². The second-order valence-corrected chi connectivity index (χ2v) is 5.11. The molecule has 0 unspecified atom stereocenters. The zero-order valence-corrected chi connectivity index (χ0v) is 12.2. The van der Waals surface area contributed by atoms with Gasteiger partial charge in [0, 0.05) is 30.8 Å². The number of aryl methyl sites for hydroxylation is 1. The van der Waals surface area contributed by atoms with E-state index in [-0.39, 0.29) is 0 Å². The normalized spacial score (nSPS) is 9.90. The van der Waals surface area contributed by atoms with Crippen LogP contribution in [0.3, 0.4) is 0 Å². The molecule has 0 spiro atoms. The van der Waals surface area contributed by atoms with Crippen molar-refractivity contribution in [3.63, 3.8) is 0 Å². The number of hydrogen-bond acceptors (Lipinski definition) is 4. The van der Waals surface area contributed by atoms with Crippen molar-refractivity contribution < 1.29 is 4.74 Å². The summed E-state index contributed by atoms with van der Waals surface area (Å²) in [6.45, 7) is 1.02. The Labute approximate surface area is 123 Å². The van der Waals surface area contributed by atoms with Gasteiger partial charge in [-0.15, -0.1) is 0 Å². The van der Waals surface area contributed by atoms with Crippen molar-refractivity contribution in [3.05, 3.63) is 42.2 Å². The van der Waals surface area contributed by atoms with Gasteiger partial charge in [-0.2, -0.15) is 0 Å². The second kappa shape index (κ2) is 7.63. The Hall–Kier alpha value is -1.90. The number of aromatic nitrogens is 2. The zero-order valence-electron chi connectivity index (χ0n) is 11.4. The lowest BCUT2D eigenvalue weighted by Crippen LogP contribution is -2.01. The average Bonchev–Trinajstić information content (AvgIpc) is 2.88. The molecular formula is C15H17N3OS. The molecule has 0 saturated heterocycles. The fourth-order valence-corrected chi connectivity index (χ4v) is 2.32. The van der Waals surface area contributed by atoms with Gasteiger partial charge in [0.1, 0.15) is 5.75 Å². The van der Waals surface area contributed by atoms with E-state index in [9.17, 15) is 0 Å². The Morgan fingerprint density at radius 1 is 1.35 bits per heavy atom. The number of hydrogen-bond donors (Lipinski definition) is 1. The molecule has 4 nitrogen and oxygen atoms in total. The molecule has 0 atom stereocenters. The van der Waals surface area contributed by atoms with Crippen molar-refractivity contribution in [2.24, 2.45) is 12.8 Å². The molecule has 2 aromatic rings. The number of thioether (sulfide) groups is 1. The summed E-state index contributed by atoms with van der Waals surface area (Å²) in [6, 6.07) is 7.71. The highest BCUT2D eigenvalue weighted by Gasteiger charge is 2.00. The molecule has 0 bridgehead atoms. The lowest BCUT2D eigenvalue weighted by molar-refractivity contribution is 0.344. The first kappa shape index (κ1) is 14.5. The van der Waals surface area contributed by atoms with Gasteiger partial charge in [-0.05, 0) is 24.3 Å². The van der Waals surface area contributed by atoms with Gasteiger partial charge in [0.05, 0.1) is 13.2 Å². The molecule has 104 valence electrons. The molecule has 1 aromatic carbocycles. The minimum absolute atomic E-state index is 0.378. The lowest BCUT2D eigenvalue weighted by atomic mass is 10.2. The molecule has 0 aliphatic rings. The van der Waals surface area contributed by atoms with Gasteiger partial charge in [-0.1, -0.05) is 23.6 Å². The first-order valence-corrected chi connectivity index (χ1v) is 7.30. The average molecular weight is 287 g/mol. The Bertz CT molecular complexity index is 596. The number of rotatable bonds is 5. The van der Waals surface area contributed by atoms with Crippen molar-refractivity contribution in [1.29, 1.82) is 0 Å². The molecule has 5 heteroatoms. The number of ether oxygens (including phenoxy) is 1. The van der Waals surface area contributed by atoms with Crippen molar-refractivity contribution in [2.75, 3.05) is 18.9 Å². The molecule has 1 aromatic heterocycles. The van der Waals surface area contributed by atoms with Crippen LogP contribution in [0.25, 0.3) is 0 Å². The van der Waals surface area contributed by atoms with Gasteiger partial charge in [0.15, 0.2) is 5.16 Å². The number of nitrogens with zero attached hydrogens (tertiary/aromatic N) is 2. The van der Waals surface area contributed by atoms with Crippen LogP contribution in [0, 0.1) is 11.8 Å². The van der Waals surface area contributed by atoms with Crippen LogP contribution >= 0.6 is 11.8 Å². The largest absolute Gasteiger partial charge is 0.493 e. The number of benzene rings is 1. The van der Waals surface area contributed by atoms with Crippen LogP contribution in [0.5, 0.6) is 5.75 Å². The van der Waals surface area contributed by atoms with Gasteiger partial charge in [0.25, 0.3) is 0 Å². The standard InChI is InChI=1S/C15H17N3OS/c1-18-10-9-17-15(18)20-12-11-19-14-6-4-13(5-7-14)3-2-8-16/h4-7,9-10H,8,11-12,16H2,1H3. The monoisotopic (exact) mass is 287 g/mol. The Morgan fingerprint density at radius 2 is 2.15 bits per heavy atom. The molecule has 0 amide bonds. The van der Waals surface area contributed by atoms with Gasteiger partial charge in [-0.25, -0.2) is 4.98 Å². The van der Waals surface area contributed by atoms with E-state index in [0.717, 1.165) is 22.2 Å². The third-order valence-electron chi connectivity index (χ3n) is 2.55. The van der Waals surface area contributed by atoms with Crippen LogP contribution in [0.2, 0.25) is 0 Å². The highest BCUT2D eigenvalue weighted by atomic mass is 32.2.